The topological polar surface area (TPSA) is 0 Å². The molecule has 0 bridgehead atoms. The fraction of sp³-hybridized carbons (Fsp3) is 0.724. The minimum Gasteiger partial charge on any atom is -0.0808 e. The highest BCUT2D eigenvalue weighted by molar-refractivity contribution is 5.16. The van der Waals surface area contributed by atoms with Gasteiger partial charge in [0.25, 0.3) is 0 Å². The van der Waals surface area contributed by atoms with Gasteiger partial charge < -0.3 is 0 Å². The predicted octanol–water partition coefficient (Wildman–Crippen LogP) is 9.65. The summed E-state index contributed by atoms with van der Waals surface area (Å²) in [5.41, 5.74) is 0. The van der Waals surface area contributed by atoms with Gasteiger partial charge in [-0.05, 0) is 60.7 Å². The van der Waals surface area contributed by atoms with Crippen molar-refractivity contribution in [3.8, 4) is 0 Å². The van der Waals surface area contributed by atoms with Crippen molar-refractivity contribution in [2.45, 2.75) is 94.4 Å². The van der Waals surface area contributed by atoms with Crippen LogP contribution in [0.2, 0.25) is 0 Å². The van der Waals surface area contributed by atoms with E-state index < -0.39 is 0 Å². The van der Waals surface area contributed by atoms with Crippen molar-refractivity contribution >= 4 is 0 Å². The van der Waals surface area contributed by atoms with Gasteiger partial charge in [0.2, 0.25) is 0 Å². The molecule has 4 aliphatic carbocycles. The average Bonchev–Trinajstić information content (AvgIpc) is 2.80. The third kappa shape index (κ3) is 9.10. The Morgan fingerprint density at radius 1 is 0.483 bits per heavy atom. The first-order valence-electron chi connectivity index (χ1n) is 12.8. The van der Waals surface area contributed by atoms with E-state index >= 15 is 0 Å². The van der Waals surface area contributed by atoms with Crippen molar-refractivity contribution in [3.05, 3.63) is 48.6 Å². The van der Waals surface area contributed by atoms with Crippen LogP contribution in [0, 0.1) is 41.4 Å². The Labute approximate surface area is 184 Å². The molecule has 0 N–H and O–H groups in total. The standard InChI is InChI=1S/C12H18.C11H16.3C2H6/c1-9-7-11-5-3-4-6-12(11)8-10(9)2;1-9-5-4-7-10-6-2-3-8-11(9)10;3*1-2/h3-6,9-12H,7-8H2,1-2H3;2-3,6,8-11H,4-5,7H2,1H3;3*1-2H3/t9-,10?,11?,12?;;;;/m0..../s1. The molecule has 4 aliphatic rings. The molecule has 2 saturated carbocycles. The van der Waals surface area contributed by atoms with Gasteiger partial charge in [-0.3, -0.25) is 0 Å². The monoisotopic (exact) mass is 400 g/mol. The van der Waals surface area contributed by atoms with Crippen molar-refractivity contribution in [3.63, 3.8) is 0 Å². The van der Waals surface area contributed by atoms with Crippen molar-refractivity contribution in [1.29, 1.82) is 0 Å². The number of fused-ring (bicyclic) bond motifs is 2. The fourth-order valence-corrected chi connectivity index (χ4v) is 4.97. The quantitative estimate of drug-likeness (QED) is 0.379. The zero-order valence-electron chi connectivity index (χ0n) is 21.2. The zero-order valence-corrected chi connectivity index (χ0v) is 21.2. The van der Waals surface area contributed by atoms with E-state index in [0.717, 1.165) is 41.4 Å². The first-order chi connectivity index (χ1) is 14.1. The molecule has 4 rings (SSSR count). The number of allylic oxidation sites excluding steroid dienone is 8. The molecule has 0 amide bonds. The Morgan fingerprint density at radius 2 is 0.897 bits per heavy atom. The SMILES string of the molecule is CC.CC.CC.CC1CC2C=CC=CC2C[C@@H]1C.CC1CCCC2C=CC=CC12. The van der Waals surface area contributed by atoms with Gasteiger partial charge in [0.1, 0.15) is 0 Å². The summed E-state index contributed by atoms with van der Waals surface area (Å²) < 4.78 is 0. The van der Waals surface area contributed by atoms with Crippen molar-refractivity contribution < 1.29 is 0 Å². The van der Waals surface area contributed by atoms with Crippen LogP contribution in [0.15, 0.2) is 48.6 Å². The summed E-state index contributed by atoms with van der Waals surface area (Å²) >= 11 is 0. The lowest BCUT2D eigenvalue weighted by atomic mass is 9.68. The molecular formula is C29H52. The second-order valence-electron chi connectivity index (χ2n) is 8.44. The summed E-state index contributed by atoms with van der Waals surface area (Å²) in [5.74, 6) is 6.17. The molecule has 0 aromatic carbocycles. The summed E-state index contributed by atoms with van der Waals surface area (Å²) in [6.45, 7) is 19.2. The first kappa shape index (κ1) is 28.0. The number of hydrogen-bond donors (Lipinski definition) is 0. The van der Waals surface area contributed by atoms with Crippen LogP contribution in [0.3, 0.4) is 0 Å². The highest BCUT2D eigenvalue weighted by atomic mass is 14.4. The molecule has 0 aromatic heterocycles. The van der Waals surface area contributed by atoms with E-state index in [1.807, 2.05) is 41.5 Å². The van der Waals surface area contributed by atoms with Crippen LogP contribution in [0.4, 0.5) is 0 Å². The van der Waals surface area contributed by atoms with Gasteiger partial charge in [0.05, 0.1) is 0 Å². The van der Waals surface area contributed by atoms with Crippen LogP contribution < -0.4 is 0 Å². The average molecular weight is 401 g/mol. The van der Waals surface area contributed by atoms with Crippen LogP contribution in [-0.2, 0) is 0 Å². The van der Waals surface area contributed by atoms with E-state index in [2.05, 4.69) is 69.4 Å². The molecule has 6 unspecified atom stereocenters. The molecule has 0 heterocycles. The largest absolute Gasteiger partial charge is 0.0808 e. The molecule has 0 heteroatoms. The smallest absolute Gasteiger partial charge is 0.0142 e. The molecule has 2 fully saturated rings. The maximum absolute atomic E-state index is 2.40. The van der Waals surface area contributed by atoms with E-state index in [9.17, 15) is 0 Å². The van der Waals surface area contributed by atoms with Crippen molar-refractivity contribution in [1.82, 2.24) is 0 Å². The van der Waals surface area contributed by atoms with Crippen LogP contribution in [0.5, 0.6) is 0 Å². The highest BCUT2D eigenvalue weighted by Gasteiger charge is 2.30. The van der Waals surface area contributed by atoms with E-state index in [-0.39, 0.29) is 0 Å². The predicted molar refractivity (Wildman–Crippen MR) is 135 cm³/mol. The lowest BCUT2D eigenvalue weighted by Crippen LogP contribution is -2.27. The van der Waals surface area contributed by atoms with Gasteiger partial charge in [-0.15, -0.1) is 0 Å². The zero-order chi connectivity index (χ0) is 22.2. The number of hydrogen-bond acceptors (Lipinski definition) is 0. The summed E-state index contributed by atoms with van der Waals surface area (Å²) in [7, 11) is 0. The minimum atomic E-state index is 0.848. The molecular weight excluding hydrogens is 348 g/mol. The Morgan fingerprint density at radius 3 is 1.34 bits per heavy atom. The Bertz CT molecular complexity index is 468. The maximum atomic E-state index is 2.40. The van der Waals surface area contributed by atoms with Crippen LogP contribution in [0.25, 0.3) is 0 Å². The van der Waals surface area contributed by atoms with Gasteiger partial charge in [-0.25, -0.2) is 0 Å². The molecule has 0 saturated heterocycles. The van der Waals surface area contributed by atoms with E-state index in [4.69, 9.17) is 0 Å². The van der Waals surface area contributed by atoms with Crippen molar-refractivity contribution in [2.24, 2.45) is 41.4 Å². The van der Waals surface area contributed by atoms with Gasteiger partial charge in [-0.2, -0.15) is 0 Å². The first-order valence-corrected chi connectivity index (χ1v) is 12.8. The normalized spacial score (nSPS) is 35.6. The third-order valence-electron chi connectivity index (χ3n) is 6.79. The maximum Gasteiger partial charge on any atom is -0.0142 e. The molecule has 0 radical (unpaired) electrons. The molecule has 0 nitrogen and oxygen atoms in total. The summed E-state index contributed by atoms with van der Waals surface area (Å²) in [4.78, 5) is 0. The molecule has 29 heavy (non-hydrogen) atoms. The second-order valence-corrected chi connectivity index (χ2v) is 8.44. The van der Waals surface area contributed by atoms with Gasteiger partial charge in [0.15, 0.2) is 0 Å². The molecule has 0 aromatic rings. The Hall–Kier alpha value is -1.04. The molecule has 0 aliphatic heterocycles. The van der Waals surface area contributed by atoms with Crippen molar-refractivity contribution in [2.75, 3.05) is 0 Å². The second kappa shape index (κ2) is 16.7. The van der Waals surface area contributed by atoms with Gasteiger partial charge in [0, 0.05) is 0 Å². The van der Waals surface area contributed by atoms with E-state index in [0.29, 0.717) is 0 Å². The van der Waals surface area contributed by atoms with Crippen LogP contribution in [0.1, 0.15) is 94.4 Å². The number of rotatable bonds is 0. The summed E-state index contributed by atoms with van der Waals surface area (Å²) in [6.07, 6.45) is 25.5. The van der Waals surface area contributed by atoms with Gasteiger partial charge >= 0.3 is 0 Å². The summed E-state index contributed by atoms with van der Waals surface area (Å²) in [6, 6.07) is 0. The van der Waals surface area contributed by atoms with Crippen LogP contribution >= 0.6 is 0 Å². The van der Waals surface area contributed by atoms with Gasteiger partial charge in [-0.1, -0.05) is 124 Å². The van der Waals surface area contributed by atoms with E-state index in [1.165, 1.54) is 32.1 Å². The highest BCUT2D eigenvalue weighted by Crippen LogP contribution is 2.40. The Balaban J connectivity index is 0.000000432. The Kier molecular flexibility index (Phi) is 16.1. The van der Waals surface area contributed by atoms with E-state index in [1.54, 1.807) is 0 Å². The molecule has 168 valence electrons. The minimum absolute atomic E-state index is 0.848. The molecule has 0 spiro atoms. The lowest BCUT2D eigenvalue weighted by molar-refractivity contribution is 0.190. The fourth-order valence-electron chi connectivity index (χ4n) is 4.97. The molecule has 7 atom stereocenters. The third-order valence-corrected chi connectivity index (χ3v) is 6.79. The lowest BCUT2D eigenvalue weighted by Gasteiger charge is -2.37. The van der Waals surface area contributed by atoms with Crippen LogP contribution in [-0.4, -0.2) is 0 Å². The summed E-state index contributed by atoms with van der Waals surface area (Å²) in [5, 5.41) is 0.